The highest BCUT2D eigenvalue weighted by molar-refractivity contribution is 8.09. The van der Waals surface area contributed by atoms with E-state index in [-0.39, 0.29) is 36.0 Å². The summed E-state index contributed by atoms with van der Waals surface area (Å²) in [5.41, 5.74) is 0.969. The van der Waals surface area contributed by atoms with Crippen molar-refractivity contribution in [2.24, 2.45) is 0 Å². The van der Waals surface area contributed by atoms with Gasteiger partial charge in [0, 0.05) is 24.3 Å². The number of halogens is 1. The van der Waals surface area contributed by atoms with Crippen molar-refractivity contribution in [1.29, 1.82) is 0 Å². The first-order valence-electron chi connectivity index (χ1n) is 10.3. The van der Waals surface area contributed by atoms with Crippen LogP contribution in [0.15, 0.2) is 46.4 Å². The van der Waals surface area contributed by atoms with Crippen LogP contribution in [0.3, 0.4) is 0 Å². The second kappa shape index (κ2) is 12.1. The Balaban J connectivity index is 1.54. The first-order valence-corrected chi connectivity index (χ1v) is 12.4. The number of nitrogens with zero attached hydrogens (tertiary/aromatic N) is 1. The van der Waals surface area contributed by atoms with Crippen molar-refractivity contribution in [1.82, 2.24) is 10.2 Å². The van der Waals surface area contributed by atoms with Gasteiger partial charge in [0.05, 0.1) is 33.3 Å². The fourth-order valence-electron chi connectivity index (χ4n) is 3.06. The van der Waals surface area contributed by atoms with Gasteiger partial charge >= 0.3 is 11.9 Å². The molecule has 1 aromatic carbocycles. The fourth-order valence-corrected chi connectivity index (χ4v) is 5.93. The molecule has 0 aromatic heterocycles. The average Bonchev–Trinajstić information content (AvgIpc) is 3.22. The van der Waals surface area contributed by atoms with Gasteiger partial charge in [-0.05, 0) is 30.7 Å². The van der Waals surface area contributed by atoms with Gasteiger partial charge in [0.25, 0.3) is 5.91 Å². The van der Waals surface area contributed by atoms with Crippen molar-refractivity contribution in [2.45, 2.75) is 36.9 Å². The van der Waals surface area contributed by atoms with E-state index in [1.807, 2.05) is 31.3 Å². The number of ether oxygens (including phenoxy) is 1. The highest BCUT2D eigenvalue weighted by Crippen LogP contribution is 2.45. The minimum atomic E-state index is -1.04. The summed E-state index contributed by atoms with van der Waals surface area (Å²) in [6.45, 7) is 3.11. The summed E-state index contributed by atoms with van der Waals surface area (Å²) in [4.78, 5) is 38.3. The molecule has 3 rings (SSSR count). The third kappa shape index (κ3) is 7.49. The van der Waals surface area contributed by atoms with Crippen molar-refractivity contribution < 1.29 is 24.2 Å². The largest absolute Gasteiger partial charge is 0.481 e. The van der Waals surface area contributed by atoms with Crippen LogP contribution >= 0.6 is 35.1 Å². The summed E-state index contributed by atoms with van der Waals surface area (Å²) < 4.78 is 4.93. The number of fused-ring (bicyclic) bond motifs is 1. The van der Waals surface area contributed by atoms with Crippen LogP contribution in [0.2, 0.25) is 5.02 Å². The van der Waals surface area contributed by atoms with Crippen LogP contribution in [-0.4, -0.2) is 51.6 Å². The van der Waals surface area contributed by atoms with E-state index in [9.17, 15) is 14.4 Å². The number of rotatable bonds is 8. The SMILES string of the molecule is CCN1C=C(C(=O)NCc2ccc(Cl)cc2)SC2C=C(C#CCOC(=O)CCC(=O)O)SC21. The molecule has 0 radical (unpaired) electrons. The summed E-state index contributed by atoms with van der Waals surface area (Å²) in [7, 11) is 0. The Labute approximate surface area is 205 Å². The Morgan fingerprint density at radius 1 is 1.21 bits per heavy atom. The molecule has 0 aliphatic carbocycles. The lowest BCUT2D eigenvalue weighted by Crippen LogP contribution is -2.38. The van der Waals surface area contributed by atoms with E-state index in [0.29, 0.717) is 16.5 Å². The Bertz CT molecular complexity index is 1030. The third-order valence-electron chi connectivity index (χ3n) is 4.73. The van der Waals surface area contributed by atoms with Crippen LogP contribution in [-0.2, 0) is 25.7 Å². The Morgan fingerprint density at radius 3 is 2.67 bits per heavy atom. The van der Waals surface area contributed by atoms with Gasteiger partial charge in [-0.1, -0.05) is 47.3 Å². The number of carbonyl (C=O) groups is 3. The number of nitrogens with one attached hydrogen (secondary N) is 1. The summed E-state index contributed by atoms with van der Waals surface area (Å²) in [6.07, 6.45) is 3.49. The zero-order valence-electron chi connectivity index (χ0n) is 17.9. The zero-order chi connectivity index (χ0) is 23.8. The van der Waals surface area contributed by atoms with Gasteiger partial charge in [-0.25, -0.2) is 0 Å². The lowest BCUT2D eigenvalue weighted by atomic mass is 10.2. The van der Waals surface area contributed by atoms with E-state index < -0.39 is 11.9 Å². The molecule has 2 atom stereocenters. The molecule has 7 nitrogen and oxygen atoms in total. The zero-order valence-corrected chi connectivity index (χ0v) is 20.3. The lowest BCUT2D eigenvalue weighted by Gasteiger charge is -2.34. The molecule has 2 unspecified atom stereocenters. The van der Waals surface area contributed by atoms with Crippen LogP contribution in [0, 0.1) is 11.8 Å². The van der Waals surface area contributed by atoms with Crippen LogP contribution < -0.4 is 5.32 Å². The molecule has 1 amide bonds. The van der Waals surface area contributed by atoms with E-state index in [4.69, 9.17) is 21.4 Å². The highest BCUT2D eigenvalue weighted by atomic mass is 35.5. The number of allylic oxidation sites excluding steroid dienone is 1. The molecule has 0 bridgehead atoms. The van der Waals surface area contributed by atoms with Gasteiger partial charge < -0.3 is 20.1 Å². The number of carbonyl (C=O) groups excluding carboxylic acids is 2. The number of carboxylic acid groups (broad SMARTS) is 1. The van der Waals surface area contributed by atoms with Crippen molar-refractivity contribution >= 4 is 53.0 Å². The van der Waals surface area contributed by atoms with Crippen molar-refractivity contribution in [2.75, 3.05) is 13.2 Å². The number of hydrogen-bond donors (Lipinski definition) is 2. The van der Waals surface area contributed by atoms with E-state index in [0.717, 1.165) is 17.0 Å². The van der Waals surface area contributed by atoms with Crippen LogP contribution in [0.5, 0.6) is 0 Å². The quantitative estimate of drug-likeness (QED) is 0.408. The minimum absolute atomic E-state index is 0.0682. The molecule has 2 N–H and O–H groups in total. The maximum atomic E-state index is 12.7. The van der Waals surface area contributed by atoms with Crippen LogP contribution in [0.25, 0.3) is 0 Å². The van der Waals surface area contributed by atoms with Crippen LogP contribution in [0.4, 0.5) is 0 Å². The molecular formula is C23H23ClN2O5S2. The molecule has 0 saturated heterocycles. The highest BCUT2D eigenvalue weighted by Gasteiger charge is 2.37. The first kappa shape index (κ1) is 25.1. The van der Waals surface area contributed by atoms with Crippen molar-refractivity contribution in [3.8, 4) is 11.8 Å². The van der Waals surface area contributed by atoms with E-state index in [2.05, 4.69) is 22.1 Å². The number of hydrogen-bond acceptors (Lipinski definition) is 7. The normalized spacial score (nSPS) is 18.9. The van der Waals surface area contributed by atoms with Gasteiger partial charge in [0.2, 0.25) is 0 Å². The number of esters is 1. The Hall–Kier alpha value is -2.54. The van der Waals surface area contributed by atoms with Crippen molar-refractivity contribution in [3.05, 3.63) is 56.9 Å². The Kier molecular flexibility index (Phi) is 9.18. The van der Waals surface area contributed by atoms with Gasteiger partial charge in [-0.2, -0.15) is 0 Å². The number of thioether (sulfide) groups is 2. The second-order valence-corrected chi connectivity index (χ2v) is 9.93. The summed E-state index contributed by atoms with van der Waals surface area (Å²) in [5, 5.41) is 12.4. The number of aliphatic carboxylic acids is 1. The smallest absolute Gasteiger partial charge is 0.307 e. The molecule has 2 aliphatic heterocycles. The fraction of sp³-hybridized carbons (Fsp3) is 0.348. The number of benzene rings is 1. The second-order valence-electron chi connectivity index (χ2n) is 7.11. The van der Waals surface area contributed by atoms with Crippen LogP contribution in [0.1, 0.15) is 25.3 Å². The molecule has 2 heterocycles. The molecule has 33 heavy (non-hydrogen) atoms. The molecule has 2 aliphatic rings. The standard InChI is InChI=1S/C23H23ClN2O5S2/c1-2-26-14-19(22(30)25-13-15-5-7-16(24)8-6-15)33-18-12-17(32-23(18)26)4-3-11-31-21(29)10-9-20(27)28/h5-8,12,14,18,23H,2,9-11,13H2,1H3,(H,25,30)(H,27,28). The summed E-state index contributed by atoms with van der Waals surface area (Å²) in [6, 6.07) is 7.34. The average molecular weight is 507 g/mol. The summed E-state index contributed by atoms with van der Waals surface area (Å²) in [5.74, 6) is 4.05. The lowest BCUT2D eigenvalue weighted by molar-refractivity contribution is -0.146. The maximum absolute atomic E-state index is 12.7. The van der Waals surface area contributed by atoms with E-state index >= 15 is 0 Å². The molecule has 0 spiro atoms. The van der Waals surface area contributed by atoms with Gasteiger partial charge in [-0.15, -0.1) is 11.8 Å². The molecule has 1 aromatic rings. The monoisotopic (exact) mass is 506 g/mol. The van der Waals surface area contributed by atoms with E-state index in [1.54, 1.807) is 23.9 Å². The van der Waals surface area contributed by atoms with Gasteiger partial charge in [0.15, 0.2) is 6.61 Å². The number of carboxylic acids is 1. The number of amides is 1. The molecule has 174 valence electrons. The van der Waals surface area contributed by atoms with Crippen molar-refractivity contribution in [3.63, 3.8) is 0 Å². The van der Waals surface area contributed by atoms with Gasteiger partial charge in [0.1, 0.15) is 0 Å². The van der Waals surface area contributed by atoms with E-state index in [1.165, 1.54) is 11.8 Å². The maximum Gasteiger partial charge on any atom is 0.307 e. The predicted octanol–water partition coefficient (Wildman–Crippen LogP) is 3.60. The third-order valence-corrected chi connectivity index (χ3v) is 7.67. The predicted molar refractivity (Wildman–Crippen MR) is 130 cm³/mol. The van der Waals surface area contributed by atoms with Gasteiger partial charge in [-0.3, -0.25) is 14.4 Å². The molecule has 10 heteroatoms. The Morgan fingerprint density at radius 2 is 1.97 bits per heavy atom. The topological polar surface area (TPSA) is 95.9 Å². The summed E-state index contributed by atoms with van der Waals surface area (Å²) >= 11 is 9.02. The molecular weight excluding hydrogens is 484 g/mol. The first-order chi connectivity index (χ1) is 15.9. The molecule has 0 saturated carbocycles. The molecule has 0 fully saturated rings. The minimum Gasteiger partial charge on any atom is -0.481 e.